The fourth-order valence-corrected chi connectivity index (χ4v) is 5.28. The molecule has 2 aliphatic heterocycles. The van der Waals surface area contributed by atoms with E-state index in [1.165, 1.54) is 0 Å². The van der Waals surface area contributed by atoms with Gasteiger partial charge in [-0.2, -0.15) is 0 Å². The molecule has 0 amide bonds. The first kappa shape index (κ1) is 17.4. The number of ether oxygens (including phenoxy) is 2. The van der Waals surface area contributed by atoms with Crippen molar-refractivity contribution in [1.82, 2.24) is 0 Å². The molecular formula is C12H13Cl6O3-. The Hall–Kier alpha value is 1.62. The number of hydrogen-bond donors (Lipinski definition) is 0. The number of alkyl halides is 6. The third-order valence-corrected chi connectivity index (χ3v) is 6.60. The summed E-state index contributed by atoms with van der Waals surface area (Å²) in [7, 11) is 0. The molecule has 3 fully saturated rings. The Bertz CT molecular complexity index is 449. The summed E-state index contributed by atoms with van der Waals surface area (Å²) in [6, 6.07) is 0. The lowest BCUT2D eigenvalue weighted by atomic mass is 9.54. The van der Waals surface area contributed by atoms with Crippen LogP contribution in [0.3, 0.4) is 0 Å². The molecule has 0 spiro atoms. The summed E-state index contributed by atoms with van der Waals surface area (Å²) in [6.07, 6.45) is -0.522. The predicted molar refractivity (Wildman–Crippen MR) is 82.3 cm³/mol. The Morgan fingerprint density at radius 1 is 1.05 bits per heavy atom. The molecule has 2 saturated heterocycles. The number of rotatable bonds is 0. The first-order valence-electron chi connectivity index (χ1n) is 6.58. The van der Waals surface area contributed by atoms with Crippen LogP contribution in [0.25, 0.3) is 0 Å². The fourth-order valence-electron chi connectivity index (χ4n) is 4.00. The molecule has 3 nitrogen and oxygen atoms in total. The van der Waals surface area contributed by atoms with E-state index in [1.54, 1.807) is 0 Å². The van der Waals surface area contributed by atoms with Crippen LogP contribution in [0, 0.1) is 11.3 Å². The zero-order valence-corrected chi connectivity index (χ0v) is 15.5. The highest BCUT2D eigenvalue weighted by atomic mass is 35.6. The first-order chi connectivity index (χ1) is 9.43. The zero-order chi connectivity index (χ0) is 15.8. The standard InChI is InChI=1S/C12H13Cl6O3/c1-9-5-2-3-6(19)8(9)21-11(9,12(16,17)18)20-7(4-5)10(13,14)15/h5-8H,2-4H2,1H3/q-1. The van der Waals surface area contributed by atoms with E-state index in [2.05, 4.69) is 0 Å². The Kier molecular flexibility index (Phi) is 4.20. The van der Waals surface area contributed by atoms with Gasteiger partial charge in [0, 0.05) is 0 Å². The van der Waals surface area contributed by atoms with E-state index < -0.39 is 37.1 Å². The fraction of sp³-hybridized carbons (Fsp3) is 1.00. The van der Waals surface area contributed by atoms with Crippen molar-refractivity contribution in [2.45, 2.75) is 57.9 Å². The molecule has 0 aromatic heterocycles. The lowest BCUT2D eigenvalue weighted by molar-refractivity contribution is -0.546. The largest absolute Gasteiger partial charge is 0.850 e. The first-order valence-corrected chi connectivity index (χ1v) is 8.85. The molecule has 3 aliphatic rings. The third-order valence-electron chi connectivity index (χ3n) is 5.12. The molecule has 1 aliphatic carbocycles. The SMILES string of the molecule is CC12C3CCC([O-])C1OC2(C(Cl)(Cl)Cl)OC(C(Cl)(Cl)Cl)C3. The molecule has 122 valence electrons. The van der Waals surface area contributed by atoms with Gasteiger partial charge in [-0.3, -0.25) is 0 Å². The zero-order valence-electron chi connectivity index (χ0n) is 10.9. The van der Waals surface area contributed by atoms with Gasteiger partial charge in [0.15, 0.2) is 0 Å². The summed E-state index contributed by atoms with van der Waals surface area (Å²) in [5.41, 5.74) is -0.699. The minimum absolute atomic E-state index is 0.0337. The Balaban J connectivity index is 2.03. The van der Waals surface area contributed by atoms with Gasteiger partial charge in [-0.1, -0.05) is 95.5 Å². The normalized spacial score (nSPS) is 50.3. The van der Waals surface area contributed by atoms with E-state index >= 15 is 0 Å². The maximum Gasteiger partial charge on any atom is 0.244 e. The molecule has 3 rings (SSSR count). The molecular weight excluding hydrogens is 405 g/mol. The van der Waals surface area contributed by atoms with Gasteiger partial charge in [-0.25, -0.2) is 0 Å². The van der Waals surface area contributed by atoms with Crippen molar-refractivity contribution in [3.63, 3.8) is 0 Å². The van der Waals surface area contributed by atoms with Crippen LogP contribution in [0.15, 0.2) is 0 Å². The molecule has 2 heterocycles. The molecule has 6 unspecified atom stereocenters. The maximum absolute atomic E-state index is 12.1. The van der Waals surface area contributed by atoms with Crippen LogP contribution < -0.4 is 5.11 Å². The van der Waals surface area contributed by atoms with Crippen molar-refractivity contribution in [1.29, 1.82) is 0 Å². The summed E-state index contributed by atoms with van der Waals surface area (Å²) in [6.45, 7) is 1.87. The monoisotopic (exact) mass is 415 g/mol. The Morgan fingerprint density at radius 3 is 2.19 bits per heavy atom. The average Bonchev–Trinajstić information content (AvgIpc) is 2.30. The minimum Gasteiger partial charge on any atom is -0.850 e. The van der Waals surface area contributed by atoms with Crippen molar-refractivity contribution in [3.05, 3.63) is 0 Å². The number of hydrogen-bond acceptors (Lipinski definition) is 3. The molecule has 0 aromatic carbocycles. The van der Waals surface area contributed by atoms with E-state index in [1.807, 2.05) is 6.92 Å². The molecule has 0 bridgehead atoms. The van der Waals surface area contributed by atoms with E-state index in [0.29, 0.717) is 19.3 Å². The average molecular weight is 418 g/mol. The highest BCUT2D eigenvalue weighted by Crippen LogP contribution is 2.71. The second-order valence-corrected chi connectivity index (χ2v) is 10.8. The van der Waals surface area contributed by atoms with Gasteiger partial charge < -0.3 is 14.6 Å². The maximum atomic E-state index is 12.1. The molecule has 1 saturated carbocycles. The van der Waals surface area contributed by atoms with E-state index in [0.717, 1.165) is 0 Å². The van der Waals surface area contributed by atoms with E-state index in [-0.39, 0.29) is 5.92 Å². The summed E-state index contributed by atoms with van der Waals surface area (Å²) in [5, 5.41) is 12.1. The molecule has 0 N–H and O–H groups in total. The van der Waals surface area contributed by atoms with Crippen LogP contribution in [0.1, 0.15) is 26.2 Å². The van der Waals surface area contributed by atoms with Crippen LogP contribution >= 0.6 is 69.6 Å². The second-order valence-electron chi connectivity index (χ2n) is 6.13. The number of halogens is 6. The quantitative estimate of drug-likeness (QED) is 0.563. The van der Waals surface area contributed by atoms with E-state index in [9.17, 15) is 5.11 Å². The van der Waals surface area contributed by atoms with Crippen LogP contribution in [0.2, 0.25) is 0 Å². The lowest BCUT2D eigenvalue weighted by Crippen LogP contribution is -2.84. The van der Waals surface area contributed by atoms with Gasteiger partial charge in [0.05, 0.1) is 11.5 Å². The summed E-state index contributed by atoms with van der Waals surface area (Å²) in [5.74, 6) is -1.53. The van der Waals surface area contributed by atoms with Gasteiger partial charge >= 0.3 is 0 Å². The smallest absolute Gasteiger partial charge is 0.244 e. The summed E-state index contributed by atoms with van der Waals surface area (Å²) in [4.78, 5) is 0. The molecule has 6 atom stereocenters. The molecule has 9 heteroatoms. The van der Waals surface area contributed by atoms with Crippen LogP contribution in [-0.4, -0.2) is 31.7 Å². The Labute approximate surface area is 153 Å². The summed E-state index contributed by atoms with van der Waals surface area (Å²) < 4.78 is 7.99. The van der Waals surface area contributed by atoms with Crippen LogP contribution in [0.4, 0.5) is 0 Å². The second kappa shape index (κ2) is 5.06. The minimum atomic E-state index is -1.89. The summed E-state index contributed by atoms with van der Waals surface area (Å²) >= 11 is 36.3. The predicted octanol–water partition coefficient (Wildman–Crippen LogP) is 3.76. The van der Waals surface area contributed by atoms with Crippen molar-refractivity contribution < 1.29 is 14.6 Å². The molecule has 21 heavy (non-hydrogen) atoms. The van der Waals surface area contributed by atoms with E-state index in [4.69, 9.17) is 79.1 Å². The van der Waals surface area contributed by atoms with Crippen molar-refractivity contribution in [2.75, 3.05) is 0 Å². The third kappa shape index (κ3) is 2.26. The van der Waals surface area contributed by atoms with Crippen molar-refractivity contribution >= 4 is 69.6 Å². The molecule has 0 aromatic rings. The topological polar surface area (TPSA) is 41.5 Å². The van der Waals surface area contributed by atoms with Crippen LogP contribution in [-0.2, 0) is 9.47 Å². The van der Waals surface area contributed by atoms with Gasteiger partial charge in [-0.15, -0.1) is 0 Å². The van der Waals surface area contributed by atoms with Gasteiger partial charge in [0.25, 0.3) is 0 Å². The van der Waals surface area contributed by atoms with Crippen LogP contribution in [0.5, 0.6) is 0 Å². The Morgan fingerprint density at radius 2 is 1.67 bits per heavy atom. The van der Waals surface area contributed by atoms with Gasteiger partial charge in [0.1, 0.15) is 6.10 Å². The van der Waals surface area contributed by atoms with Gasteiger partial charge in [-0.05, 0) is 12.3 Å². The molecule has 0 radical (unpaired) electrons. The highest BCUT2D eigenvalue weighted by molar-refractivity contribution is 6.69. The lowest BCUT2D eigenvalue weighted by Gasteiger charge is -2.74. The van der Waals surface area contributed by atoms with Crippen molar-refractivity contribution in [2.24, 2.45) is 11.3 Å². The van der Waals surface area contributed by atoms with Gasteiger partial charge in [0.2, 0.25) is 13.4 Å². The van der Waals surface area contributed by atoms with Crippen molar-refractivity contribution in [3.8, 4) is 0 Å². The highest BCUT2D eigenvalue weighted by Gasteiger charge is 2.80.